The van der Waals surface area contributed by atoms with E-state index in [2.05, 4.69) is 19.4 Å². The number of hydrogen-bond donors (Lipinski definition) is 0. The maximum atomic E-state index is 10.8. The number of nitrogens with zero attached hydrogens (tertiary/aromatic N) is 2. The van der Waals surface area contributed by atoms with Gasteiger partial charge in [0.05, 0.1) is 13.1 Å². The normalized spacial score (nSPS) is 8.78. The average Bonchev–Trinajstić information content (AvgIpc) is 2.22. The van der Waals surface area contributed by atoms with Gasteiger partial charge in [-0.05, 0) is 0 Å². The number of carbonyl (C=O) groups excluding carboxylic acids is 4. The van der Waals surface area contributed by atoms with Gasteiger partial charge in [0.2, 0.25) is 0 Å². The first-order valence-corrected chi connectivity index (χ1v) is 5.50. The molecule has 0 saturated heterocycles. The van der Waals surface area contributed by atoms with Crippen molar-refractivity contribution >= 4 is 113 Å². The van der Waals surface area contributed by atoms with Crippen LogP contribution in [0.25, 0.3) is 0 Å². The van der Waals surface area contributed by atoms with Crippen molar-refractivity contribution in [3.8, 4) is 0 Å². The molecule has 0 aromatic carbocycles. The molecule has 0 atom stereocenters. The van der Waals surface area contributed by atoms with Gasteiger partial charge in [0.25, 0.3) is 0 Å². The fraction of sp³-hybridized carbons (Fsp3) is 0.600. The van der Waals surface area contributed by atoms with E-state index in [0.29, 0.717) is 10.5 Å². The molecule has 0 aliphatic heterocycles. The van der Waals surface area contributed by atoms with Crippen LogP contribution in [0.15, 0.2) is 0 Å². The SMILES string of the molecule is CC(=O)ON(CCN(OC(C)=O)OC(C)=O)OC(C)=O.[Na].[Na].[Na]. The molecule has 23 heavy (non-hydrogen) atoms. The van der Waals surface area contributed by atoms with E-state index in [1.165, 1.54) is 0 Å². The van der Waals surface area contributed by atoms with Gasteiger partial charge in [0, 0.05) is 127 Å². The molecule has 0 amide bonds. The molecule has 0 aliphatic carbocycles. The van der Waals surface area contributed by atoms with Crippen molar-refractivity contribution in [2.24, 2.45) is 0 Å². The summed E-state index contributed by atoms with van der Waals surface area (Å²) in [6.45, 7) is 3.97. The summed E-state index contributed by atoms with van der Waals surface area (Å²) < 4.78 is 0. The molecule has 0 saturated carbocycles. The number of hydroxylamine groups is 4. The van der Waals surface area contributed by atoms with E-state index in [4.69, 9.17) is 0 Å². The van der Waals surface area contributed by atoms with Crippen molar-refractivity contribution in [3.05, 3.63) is 0 Å². The van der Waals surface area contributed by atoms with Gasteiger partial charge in [-0.1, -0.05) is 0 Å². The minimum Gasteiger partial charge on any atom is -0.333 e. The zero-order valence-electron chi connectivity index (χ0n) is 14.6. The summed E-state index contributed by atoms with van der Waals surface area (Å²) in [4.78, 5) is 61.4. The second kappa shape index (κ2) is 17.6. The van der Waals surface area contributed by atoms with Gasteiger partial charge in [-0.2, -0.15) is 0 Å². The van der Waals surface area contributed by atoms with Crippen molar-refractivity contribution in [3.63, 3.8) is 0 Å². The summed E-state index contributed by atoms with van der Waals surface area (Å²) in [6.07, 6.45) is 0. The topological polar surface area (TPSA) is 112 Å². The molecule has 0 fully saturated rings. The Morgan fingerprint density at radius 2 is 0.739 bits per heavy atom. The molecule has 0 aromatic heterocycles. The van der Waals surface area contributed by atoms with Crippen molar-refractivity contribution in [1.82, 2.24) is 10.5 Å². The summed E-state index contributed by atoms with van der Waals surface area (Å²) in [5, 5.41) is 1.15. The monoisotopic (exact) mass is 361 g/mol. The second-order valence-corrected chi connectivity index (χ2v) is 3.44. The molecule has 0 unspecified atom stereocenters. The van der Waals surface area contributed by atoms with Gasteiger partial charge < -0.3 is 19.4 Å². The molecule has 117 valence electrons. The van der Waals surface area contributed by atoms with Crippen LogP contribution >= 0.6 is 0 Å². The molecule has 0 heterocycles. The summed E-state index contributed by atoms with van der Waals surface area (Å²) in [7, 11) is 0. The molecule has 0 aromatic rings. The van der Waals surface area contributed by atoms with E-state index >= 15 is 0 Å². The number of hydrogen-bond acceptors (Lipinski definition) is 10. The molecular weight excluding hydrogens is 345 g/mol. The van der Waals surface area contributed by atoms with E-state index < -0.39 is 23.9 Å². The summed E-state index contributed by atoms with van der Waals surface area (Å²) >= 11 is 0. The molecule has 3 radical (unpaired) electrons. The van der Waals surface area contributed by atoms with Crippen molar-refractivity contribution in [2.45, 2.75) is 27.7 Å². The van der Waals surface area contributed by atoms with Crippen molar-refractivity contribution < 1.29 is 38.5 Å². The fourth-order valence-corrected chi connectivity index (χ4v) is 0.957. The van der Waals surface area contributed by atoms with Crippen LogP contribution in [-0.4, -0.2) is 136 Å². The van der Waals surface area contributed by atoms with Crippen LogP contribution in [0.5, 0.6) is 0 Å². The Kier molecular flexibility index (Phi) is 24.2. The van der Waals surface area contributed by atoms with Crippen LogP contribution in [0.1, 0.15) is 27.7 Å². The maximum Gasteiger partial charge on any atom is 0.326 e. The van der Waals surface area contributed by atoms with Crippen LogP contribution in [-0.2, 0) is 38.5 Å². The first-order valence-electron chi connectivity index (χ1n) is 5.50. The van der Waals surface area contributed by atoms with Crippen LogP contribution in [0.3, 0.4) is 0 Å². The van der Waals surface area contributed by atoms with Gasteiger partial charge in [0.15, 0.2) is 0 Å². The number of carbonyl (C=O) groups is 4. The molecular formula is C10H16N2Na3O8. The molecule has 0 rings (SSSR count). The number of rotatable bonds is 7. The van der Waals surface area contributed by atoms with Gasteiger partial charge >= 0.3 is 23.9 Å². The van der Waals surface area contributed by atoms with Gasteiger partial charge in [0.1, 0.15) is 0 Å². The van der Waals surface area contributed by atoms with Gasteiger partial charge in [-0.15, -0.1) is 0 Å². The predicted octanol–water partition coefficient (Wildman–Crippen LogP) is -1.64. The smallest absolute Gasteiger partial charge is 0.326 e. The van der Waals surface area contributed by atoms with Crippen LogP contribution in [0.2, 0.25) is 0 Å². The zero-order valence-corrected chi connectivity index (χ0v) is 20.6. The molecule has 0 aliphatic rings. The van der Waals surface area contributed by atoms with E-state index in [-0.39, 0.29) is 102 Å². The Morgan fingerprint density at radius 3 is 0.870 bits per heavy atom. The van der Waals surface area contributed by atoms with E-state index in [1.807, 2.05) is 0 Å². The first-order chi connectivity index (χ1) is 9.20. The predicted molar refractivity (Wildman–Crippen MR) is 77.7 cm³/mol. The summed E-state index contributed by atoms with van der Waals surface area (Å²) in [6, 6.07) is 0. The Labute approximate surface area is 200 Å². The zero-order chi connectivity index (χ0) is 15.7. The maximum absolute atomic E-state index is 10.8. The summed E-state index contributed by atoms with van der Waals surface area (Å²) in [5.74, 6) is -2.90. The van der Waals surface area contributed by atoms with Crippen LogP contribution in [0.4, 0.5) is 0 Å². The second-order valence-electron chi connectivity index (χ2n) is 3.44. The van der Waals surface area contributed by atoms with E-state index in [9.17, 15) is 19.2 Å². The minimum absolute atomic E-state index is 0. The standard InChI is InChI=1S/C10H16N2O8.3Na/c1-7(13)17-11(18-8(2)14)5-6-12(19-9(3)15)20-10(4)16;;;/h5-6H2,1-4H3;;;. The molecule has 0 N–H and O–H groups in total. The Hall–Kier alpha value is 0.800. The Morgan fingerprint density at radius 1 is 0.565 bits per heavy atom. The van der Waals surface area contributed by atoms with Crippen molar-refractivity contribution in [2.75, 3.05) is 13.1 Å². The van der Waals surface area contributed by atoms with E-state index in [1.54, 1.807) is 0 Å². The van der Waals surface area contributed by atoms with Crippen molar-refractivity contribution in [1.29, 1.82) is 0 Å². The quantitative estimate of drug-likeness (QED) is 0.387. The first kappa shape index (κ1) is 31.6. The molecule has 0 spiro atoms. The van der Waals surface area contributed by atoms with Gasteiger partial charge in [-0.3, -0.25) is 19.2 Å². The third kappa shape index (κ3) is 20.8. The average molecular weight is 361 g/mol. The molecule has 0 bridgehead atoms. The third-order valence-electron chi connectivity index (χ3n) is 1.39. The van der Waals surface area contributed by atoms with Crippen LogP contribution in [0, 0.1) is 0 Å². The molecule has 10 nitrogen and oxygen atoms in total. The third-order valence-corrected chi connectivity index (χ3v) is 1.39. The largest absolute Gasteiger partial charge is 0.333 e. The van der Waals surface area contributed by atoms with E-state index in [0.717, 1.165) is 27.7 Å². The van der Waals surface area contributed by atoms with Crippen LogP contribution < -0.4 is 0 Å². The fourth-order valence-electron chi connectivity index (χ4n) is 0.957. The Balaban J connectivity index is -0.000000602. The molecule has 13 heteroatoms. The summed E-state index contributed by atoms with van der Waals surface area (Å²) in [5.41, 5.74) is 0. The Bertz CT molecular complexity index is 328. The minimum atomic E-state index is -0.724. The van der Waals surface area contributed by atoms with Gasteiger partial charge in [-0.25, -0.2) is 0 Å².